The second-order valence-corrected chi connectivity index (χ2v) is 10.3. The number of fused-ring (bicyclic) bond motifs is 2. The van der Waals surface area contributed by atoms with E-state index in [4.69, 9.17) is 4.74 Å². The van der Waals surface area contributed by atoms with E-state index in [1.54, 1.807) is 0 Å². The quantitative estimate of drug-likeness (QED) is 0.411. The Kier molecular flexibility index (Phi) is 3.50. The van der Waals surface area contributed by atoms with E-state index in [2.05, 4.69) is 0 Å². The summed E-state index contributed by atoms with van der Waals surface area (Å²) in [5.41, 5.74) is -2.93. The first-order valence-electron chi connectivity index (χ1n) is 10.2. The van der Waals surface area contributed by atoms with Gasteiger partial charge in [0.1, 0.15) is 11.5 Å². The Morgan fingerprint density at radius 3 is 2.48 bits per heavy atom. The van der Waals surface area contributed by atoms with E-state index in [1.165, 1.54) is 0 Å². The SMILES string of the molecule is CC1(C)CC[C@H](O)[C@]23CO[C@](O)([C@@H](O)[C@H]12)[C@]12C(=O)[C@@H](CO)[C@H](CC[C@@H]31)[C@H]2O. The highest BCUT2D eigenvalue weighted by atomic mass is 16.6. The number of ether oxygens (including phenoxy) is 1. The summed E-state index contributed by atoms with van der Waals surface area (Å²) >= 11 is 0. The van der Waals surface area contributed by atoms with Crippen molar-refractivity contribution in [1.82, 2.24) is 0 Å². The number of aliphatic hydroxyl groups is 5. The Morgan fingerprint density at radius 2 is 1.81 bits per heavy atom. The molecule has 10 atom stereocenters. The van der Waals surface area contributed by atoms with Crippen LogP contribution in [-0.2, 0) is 9.53 Å². The van der Waals surface area contributed by atoms with Gasteiger partial charge in [-0.25, -0.2) is 0 Å². The molecule has 2 aliphatic heterocycles. The number of rotatable bonds is 1. The Bertz CT molecular complexity index is 694. The zero-order valence-electron chi connectivity index (χ0n) is 15.8. The standard InChI is InChI=1S/C20H30O7/c1-17(2)6-5-12(22)18-8-27-20(26,16(25)13(17)18)19-11(18)4-3-9(14(19)23)10(7-21)15(19)24/h9-14,16,21-23,25-26H,3-8H2,1-2H3/t9-,10-,11-,12-,13+,14+,16-,18+,19+,20+/m0/s1. The van der Waals surface area contributed by atoms with Crippen molar-refractivity contribution in [3.05, 3.63) is 0 Å². The van der Waals surface area contributed by atoms with Crippen molar-refractivity contribution in [3.8, 4) is 0 Å². The van der Waals surface area contributed by atoms with Crippen molar-refractivity contribution in [2.45, 2.75) is 63.6 Å². The molecule has 6 rings (SSSR count). The lowest BCUT2D eigenvalue weighted by Crippen LogP contribution is -2.85. The van der Waals surface area contributed by atoms with Gasteiger partial charge >= 0.3 is 0 Å². The minimum Gasteiger partial charge on any atom is -0.396 e. The third-order valence-corrected chi connectivity index (χ3v) is 9.27. The number of hydrogen-bond donors (Lipinski definition) is 5. The average Bonchev–Trinajstić information content (AvgIpc) is 2.74. The van der Waals surface area contributed by atoms with Crippen LogP contribution in [0.25, 0.3) is 0 Å². The molecule has 27 heavy (non-hydrogen) atoms. The zero-order chi connectivity index (χ0) is 19.6. The second-order valence-electron chi connectivity index (χ2n) is 10.3. The summed E-state index contributed by atoms with van der Waals surface area (Å²) in [6.45, 7) is 3.73. The molecule has 0 aromatic rings. The molecule has 6 aliphatic rings. The predicted octanol–water partition coefficient (Wildman–Crippen LogP) is -0.572. The summed E-state index contributed by atoms with van der Waals surface area (Å²) in [5, 5.41) is 55.2. The van der Waals surface area contributed by atoms with Crippen LogP contribution in [0.2, 0.25) is 0 Å². The minimum absolute atomic E-state index is 0.0662. The van der Waals surface area contributed by atoms with E-state index in [1.807, 2.05) is 13.8 Å². The van der Waals surface area contributed by atoms with Crippen LogP contribution in [0.5, 0.6) is 0 Å². The predicted molar refractivity (Wildman–Crippen MR) is 92.1 cm³/mol. The highest BCUT2D eigenvalue weighted by molar-refractivity contribution is 5.93. The molecule has 4 saturated carbocycles. The fraction of sp³-hybridized carbons (Fsp3) is 0.950. The van der Waals surface area contributed by atoms with Gasteiger partial charge in [-0.2, -0.15) is 0 Å². The second kappa shape index (κ2) is 5.12. The summed E-state index contributed by atoms with van der Waals surface area (Å²) < 4.78 is 5.81. The van der Waals surface area contributed by atoms with Crippen LogP contribution in [-0.4, -0.2) is 68.6 Å². The molecule has 6 fully saturated rings. The number of aliphatic hydroxyl groups excluding tert-OH is 4. The lowest BCUT2D eigenvalue weighted by Gasteiger charge is -2.74. The maximum absolute atomic E-state index is 13.5. The fourth-order valence-corrected chi connectivity index (χ4v) is 8.31. The third kappa shape index (κ3) is 1.63. The molecule has 2 saturated heterocycles. The van der Waals surface area contributed by atoms with Crippen molar-refractivity contribution >= 4 is 5.78 Å². The minimum atomic E-state index is -2.20. The van der Waals surface area contributed by atoms with Crippen LogP contribution in [0.3, 0.4) is 0 Å². The smallest absolute Gasteiger partial charge is 0.208 e. The molecule has 0 radical (unpaired) electrons. The summed E-state index contributed by atoms with van der Waals surface area (Å²) in [7, 11) is 0. The van der Waals surface area contributed by atoms with E-state index in [9.17, 15) is 30.3 Å². The molecule has 5 N–H and O–H groups in total. The van der Waals surface area contributed by atoms with Crippen molar-refractivity contribution in [3.63, 3.8) is 0 Å². The summed E-state index contributed by atoms with van der Waals surface area (Å²) in [6, 6.07) is 0. The molecule has 7 nitrogen and oxygen atoms in total. The molecule has 2 heterocycles. The van der Waals surface area contributed by atoms with E-state index in [0.29, 0.717) is 25.7 Å². The van der Waals surface area contributed by atoms with Gasteiger partial charge in [-0.1, -0.05) is 13.8 Å². The molecule has 0 unspecified atom stereocenters. The van der Waals surface area contributed by atoms with Crippen molar-refractivity contribution in [1.29, 1.82) is 0 Å². The van der Waals surface area contributed by atoms with Gasteiger partial charge in [0.25, 0.3) is 0 Å². The molecular formula is C20H30O7. The third-order valence-electron chi connectivity index (χ3n) is 9.27. The van der Waals surface area contributed by atoms with Gasteiger partial charge in [0, 0.05) is 17.3 Å². The normalized spacial score (nSPS) is 60.9. The van der Waals surface area contributed by atoms with Gasteiger partial charge in [-0.15, -0.1) is 0 Å². The molecule has 4 bridgehead atoms. The fourth-order valence-electron chi connectivity index (χ4n) is 8.31. The van der Waals surface area contributed by atoms with Crippen LogP contribution < -0.4 is 0 Å². The van der Waals surface area contributed by atoms with E-state index >= 15 is 0 Å². The lowest BCUT2D eigenvalue weighted by atomic mass is 9.35. The van der Waals surface area contributed by atoms with Gasteiger partial charge in [0.15, 0.2) is 5.78 Å². The Labute approximate surface area is 158 Å². The summed E-state index contributed by atoms with van der Waals surface area (Å²) in [4.78, 5) is 13.5. The molecule has 7 heteroatoms. The zero-order valence-corrected chi connectivity index (χ0v) is 15.8. The average molecular weight is 382 g/mol. The van der Waals surface area contributed by atoms with Gasteiger partial charge in [0.05, 0.1) is 25.4 Å². The van der Waals surface area contributed by atoms with Gasteiger partial charge in [-0.3, -0.25) is 4.79 Å². The molecule has 152 valence electrons. The Morgan fingerprint density at radius 1 is 1.11 bits per heavy atom. The molecule has 0 aromatic heterocycles. The van der Waals surface area contributed by atoms with Gasteiger partial charge < -0.3 is 30.3 Å². The topological polar surface area (TPSA) is 127 Å². The van der Waals surface area contributed by atoms with E-state index < -0.39 is 71.0 Å². The Balaban J connectivity index is 1.78. The largest absolute Gasteiger partial charge is 0.396 e. The van der Waals surface area contributed by atoms with Gasteiger partial charge in [0.2, 0.25) is 5.79 Å². The maximum atomic E-state index is 13.5. The molecule has 2 spiro atoms. The maximum Gasteiger partial charge on any atom is 0.208 e. The van der Waals surface area contributed by atoms with Crippen molar-refractivity contribution in [2.75, 3.05) is 13.2 Å². The van der Waals surface area contributed by atoms with Crippen LogP contribution in [0.1, 0.15) is 39.5 Å². The number of carbonyl (C=O) groups excluding carboxylic acids is 1. The van der Waals surface area contributed by atoms with E-state index in [0.717, 1.165) is 0 Å². The van der Waals surface area contributed by atoms with Crippen LogP contribution in [0, 0.1) is 39.9 Å². The Hall–Kier alpha value is -0.570. The highest BCUT2D eigenvalue weighted by Gasteiger charge is 2.87. The monoisotopic (exact) mass is 382 g/mol. The first kappa shape index (κ1) is 18.5. The summed E-state index contributed by atoms with van der Waals surface area (Å²) in [5.74, 6) is -4.76. The number of ketones is 1. The molecular weight excluding hydrogens is 352 g/mol. The first-order chi connectivity index (χ1) is 12.6. The van der Waals surface area contributed by atoms with Crippen molar-refractivity contribution < 1.29 is 35.1 Å². The van der Waals surface area contributed by atoms with Crippen LogP contribution in [0.15, 0.2) is 0 Å². The number of Topliss-reactive ketones (excluding diaryl/α,β-unsaturated/α-hetero) is 1. The van der Waals surface area contributed by atoms with Crippen molar-refractivity contribution in [2.24, 2.45) is 39.9 Å². The number of carbonyl (C=O) groups is 1. The van der Waals surface area contributed by atoms with Gasteiger partial charge in [-0.05, 0) is 42.9 Å². The van der Waals surface area contributed by atoms with E-state index in [-0.39, 0.29) is 12.0 Å². The van der Waals surface area contributed by atoms with Crippen LogP contribution >= 0.6 is 0 Å². The molecule has 4 aliphatic carbocycles. The molecule has 0 amide bonds. The first-order valence-corrected chi connectivity index (χ1v) is 10.2. The number of hydrogen-bond acceptors (Lipinski definition) is 7. The lowest BCUT2D eigenvalue weighted by molar-refractivity contribution is -0.458. The van der Waals surface area contributed by atoms with Crippen LogP contribution in [0.4, 0.5) is 0 Å². The molecule has 0 aromatic carbocycles. The summed E-state index contributed by atoms with van der Waals surface area (Å²) in [6.07, 6.45) is -1.02. The highest BCUT2D eigenvalue weighted by Crippen LogP contribution is 2.76.